The summed E-state index contributed by atoms with van der Waals surface area (Å²) in [5.74, 6) is 0.812. The molecular weight excluding hydrogens is 239 g/mol. The first-order valence-corrected chi connectivity index (χ1v) is 7.22. The van der Waals surface area contributed by atoms with Crippen molar-refractivity contribution in [2.45, 2.75) is 13.0 Å². The molecule has 1 aromatic carbocycles. The molecule has 0 spiro atoms. The van der Waals surface area contributed by atoms with Gasteiger partial charge in [-0.15, -0.1) is 0 Å². The van der Waals surface area contributed by atoms with E-state index < -0.39 is 7.67 Å². The highest BCUT2D eigenvalue weighted by molar-refractivity contribution is 7.54. The van der Waals surface area contributed by atoms with Gasteiger partial charge in [-0.3, -0.25) is 4.57 Å². The summed E-state index contributed by atoms with van der Waals surface area (Å²) in [6, 6.07) is 7.62. The summed E-state index contributed by atoms with van der Waals surface area (Å²) in [7, 11) is -1.20. The molecule has 1 unspecified atom stereocenters. The fourth-order valence-corrected chi connectivity index (χ4v) is 3.10. The zero-order chi connectivity index (χ0) is 12.1. The van der Waals surface area contributed by atoms with Gasteiger partial charge in [0.1, 0.15) is 5.75 Å². The molecule has 1 fully saturated rings. The Morgan fingerprint density at radius 2 is 2.24 bits per heavy atom. The number of benzene rings is 1. The van der Waals surface area contributed by atoms with Gasteiger partial charge in [-0.2, -0.15) is 0 Å². The highest BCUT2D eigenvalue weighted by Gasteiger charge is 2.24. The second-order valence-electron chi connectivity index (χ2n) is 3.83. The van der Waals surface area contributed by atoms with Crippen molar-refractivity contribution in [3.63, 3.8) is 0 Å². The van der Waals surface area contributed by atoms with Crippen LogP contribution in [-0.4, -0.2) is 20.3 Å². The maximum Gasteiger partial charge on any atom is 0.341 e. The van der Waals surface area contributed by atoms with Gasteiger partial charge < -0.3 is 9.26 Å². The molecule has 6 heteroatoms. The highest BCUT2D eigenvalue weighted by atomic mass is 31.2. The zero-order valence-electron chi connectivity index (χ0n) is 9.81. The average Bonchev–Trinajstić information content (AvgIpc) is 2.38. The minimum absolute atomic E-state index is 0.508. The lowest BCUT2D eigenvalue weighted by Gasteiger charge is -2.24. The van der Waals surface area contributed by atoms with Gasteiger partial charge in [0.25, 0.3) is 0 Å². The third-order valence-electron chi connectivity index (χ3n) is 2.56. The Hall–Kier alpha value is -0.870. The lowest BCUT2D eigenvalue weighted by molar-refractivity contribution is 0.269. The smallest absolute Gasteiger partial charge is 0.341 e. The number of nitrogens with one attached hydrogen (secondary N) is 2. The number of hydrogen-bond donors (Lipinski definition) is 2. The van der Waals surface area contributed by atoms with Crippen molar-refractivity contribution in [3.8, 4) is 5.75 Å². The van der Waals surface area contributed by atoms with Crippen LogP contribution < -0.4 is 14.9 Å². The van der Waals surface area contributed by atoms with E-state index in [9.17, 15) is 4.57 Å². The van der Waals surface area contributed by atoms with Crippen LogP contribution in [0, 0.1) is 0 Å². The highest BCUT2D eigenvalue weighted by Crippen LogP contribution is 2.39. The van der Waals surface area contributed by atoms with E-state index in [0.29, 0.717) is 13.2 Å². The summed E-state index contributed by atoms with van der Waals surface area (Å²) in [6.07, 6.45) is 0.897. The van der Waals surface area contributed by atoms with Crippen LogP contribution in [0.5, 0.6) is 5.75 Å². The first kappa shape index (κ1) is 12.6. The van der Waals surface area contributed by atoms with Crippen molar-refractivity contribution in [3.05, 3.63) is 29.8 Å². The standard InChI is InChI=1S/C11H17N2O3P/c1-15-11-5-3-10(4-6-11)9-13-17(14)12-7-2-8-16-17/h3-6H,2,7-9H2,1H3,(H2,12,13,14). The third kappa shape index (κ3) is 3.54. The minimum atomic E-state index is -2.83. The lowest BCUT2D eigenvalue weighted by Crippen LogP contribution is -2.29. The van der Waals surface area contributed by atoms with E-state index in [1.807, 2.05) is 24.3 Å². The summed E-state index contributed by atoms with van der Waals surface area (Å²) in [4.78, 5) is 0. The van der Waals surface area contributed by atoms with Gasteiger partial charge in [-0.05, 0) is 24.1 Å². The molecule has 2 N–H and O–H groups in total. The predicted octanol–water partition coefficient (Wildman–Crippen LogP) is 1.90. The van der Waals surface area contributed by atoms with E-state index >= 15 is 0 Å². The molecule has 5 nitrogen and oxygen atoms in total. The van der Waals surface area contributed by atoms with Crippen LogP contribution in [0.3, 0.4) is 0 Å². The van der Waals surface area contributed by atoms with Gasteiger partial charge >= 0.3 is 7.67 Å². The van der Waals surface area contributed by atoms with Crippen LogP contribution >= 0.6 is 7.67 Å². The van der Waals surface area contributed by atoms with Gasteiger partial charge in [0.2, 0.25) is 0 Å². The van der Waals surface area contributed by atoms with Crippen molar-refractivity contribution in [1.82, 2.24) is 10.2 Å². The van der Waals surface area contributed by atoms with Gasteiger partial charge in [0.15, 0.2) is 0 Å². The van der Waals surface area contributed by atoms with E-state index in [1.54, 1.807) is 7.11 Å². The molecule has 0 radical (unpaired) electrons. The molecule has 17 heavy (non-hydrogen) atoms. The second-order valence-corrected chi connectivity index (χ2v) is 5.82. The van der Waals surface area contributed by atoms with Crippen LogP contribution in [0.2, 0.25) is 0 Å². The number of rotatable bonds is 4. The molecule has 0 aliphatic carbocycles. The third-order valence-corrected chi connectivity index (χ3v) is 4.33. The predicted molar refractivity (Wildman–Crippen MR) is 66.0 cm³/mol. The molecule has 0 aromatic heterocycles. The minimum Gasteiger partial charge on any atom is -0.497 e. The van der Waals surface area contributed by atoms with E-state index in [2.05, 4.69) is 10.2 Å². The van der Waals surface area contributed by atoms with Crippen molar-refractivity contribution < 1.29 is 13.8 Å². The van der Waals surface area contributed by atoms with E-state index in [0.717, 1.165) is 24.3 Å². The van der Waals surface area contributed by atoms with Crippen LogP contribution in [0.1, 0.15) is 12.0 Å². The summed E-state index contributed by atoms with van der Waals surface area (Å²) < 4.78 is 22.4. The summed E-state index contributed by atoms with van der Waals surface area (Å²) in [6.45, 7) is 1.78. The van der Waals surface area contributed by atoms with Gasteiger partial charge in [-0.1, -0.05) is 12.1 Å². The SMILES string of the molecule is COc1ccc(CNP2(=O)NCCCO2)cc1. The topological polar surface area (TPSA) is 59.6 Å². The fraction of sp³-hybridized carbons (Fsp3) is 0.455. The second kappa shape index (κ2) is 5.65. The van der Waals surface area contributed by atoms with E-state index in [1.165, 1.54) is 0 Å². The molecule has 94 valence electrons. The van der Waals surface area contributed by atoms with E-state index in [4.69, 9.17) is 9.26 Å². The Kier molecular flexibility index (Phi) is 4.18. The number of hydrogen-bond acceptors (Lipinski definition) is 3. The lowest BCUT2D eigenvalue weighted by atomic mass is 10.2. The molecule has 1 aromatic rings. The fourth-order valence-electron chi connectivity index (χ4n) is 1.58. The molecule has 1 saturated heterocycles. The molecule has 0 saturated carbocycles. The monoisotopic (exact) mass is 256 g/mol. The van der Waals surface area contributed by atoms with Crippen molar-refractivity contribution >= 4 is 7.67 Å². The maximum atomic E-state index is 12.1. The largest absolute Gasteiger partial charge is 0.497 e. The quantitative estimate of drug-likeness (QED) is 0.806. The molecule has 1 aliphatic heterocycles. The van der Waals surface area contributed by atoms with Gasteiger partial charge in [0.05, 0.1) is 13.7 Å². The van der Waals surface area contributed by atoms with Crippen molar-refractivity contribution in [2.24, 2.45) is 0 Å². The Bertz CT molecular complexity index is 398. The molecule has 1 atom stereocenters. The summed E-state index contributed by atoms with van der Waals surface area (Å²) >= 11 is 0. The summed E-state index contributed by atoms with van der Waals surface area (Å²) in [5.41, 5.74) is 1.04. The van der Waals surface area contributed by atoms with Gasteiger partial charge in [0, 0.05) is 13.1 Å². The van der Waals surface area contributed by atoms with E-state index in [-0.39, 0.29) is 0 Å². The van der Waals surface area contributed by atoms with Crippen molar-refractivity contribution in [2.75, 3.05) is 20.3 Å². The number of methoxy groups -OCH3 is 1. The molecule has 0 amide bonds. The normalized spacial score (nSPS) is 24.5. The molecule has 2 rings (SSSR count). The number of ether oxygens (including phenoxy) is 1. The maximum absolute atomic E-state index is 12.1. The Morgan fingerprint density at radius 1 is 1.47 bits per heavy atom. The van der Waals surface area contributed by atoms with Crippen LogP contribution in [0.4, 0.5) is 0 Å². The first-order valence-electron chi connectivity index (χ1n) is 5.60. The van der Waals surface area contributed by atoms with Crippen LogP contribution in [0.15, 0.2) is 24.3 Å². The Balaban J connectivity index is 1.90. The Labute approximate surface area is 101 Å². The molecule has 0 bridgehead atoms. The zero-order valence-corrected chi connectivity index (χ0v) is 10.7. The summed E-state index contributed by atoms with van der Waals surface area (Å²) in [5, 5.41) is 5.82. The average molecular weight is 256 g/mol. The molecular formula is C11H17N2O3P. The van der Waals surface area contributed by atoms with Gasteiger partial charge in [-0.25, -0.2) is 10.2 Å². The Morgan fingerprint density at radius 3 is 2.82 bits per heavy atom. The van der Waals surface area contributed by atoms with Crippen LogP contribution in [0.25, 0.3) is 0 Å². The first-order chi connectivity index (χ1) is 8.22. The van der Waals surface area contributed by atoms with Crippen LogP contribution in [-0.2, 0) is 15.6 Å². The molecule has 1 aliphatic rings. The molecule has 1 heterocycles. The van der Waals surface area contributed by atoms with Crippen molar-refractivity contribution in [1.29, 1.82) is 0 Å².